The monoisotopic (exact) mass is 150 g/mol. The topological polar surface area (TPSA) is 54.0 Å². The van der Waals surface area contributed by atoms with Gasteiger partial charge in [-0.05, 0) is 19.1 Å². The first kappa shape index (κ1) is 7.53. The molecule has 4 nitrogen and oxygen atoms in total. The maximum atomic E-state index is 4.98. The van der Waals surface area contributed by atoms with Crippen molar-refractivity contribution in [2.75, 3.05) is 0 Å². The number of hydrogen-bond donors (Lipinski definition) is 1. The van der Waals surface area contributed by atoms with E-state index in [0.29, 0.717) is 0 Å². The quantitative estimate of drug-likeness (QED) is 0.258. The average Bonchev–Trinajstić information content (AvgIpc) is 2.06. The first-order valence-electron chi connectivity index (χ1n) is 3.28. The predicted octanol–water partition coefficient (Wildman–Crippen LogP) is 0.650. The predicted molar refractivity (Wildman–Crippen MR) is 45.9 cm³/mol. The van der Waals surface area contributed by atoms with E-state index in [1.165, 1.54) is 6.34 Å². The van der Waals surface area contributed by atoms with E-state index in [2.05, 4.69) is 10.2 Å². The highest BCUT2D eigenvalue weighted by Crippen LogP contribution is 2.06. The zero-order valence-corrected chi connectivity index (χ0v) is 6.31. The van der Waals surface area contributed by atoms with E-state index in [0.717, 1.165) is 5.70 Å². The number of hydrogen-bond acceptors (Lipinski definition) is 3. The SMILES string of the molecule is C/C=C1/C=CC=NN1/C=N\N. The third-order valence-electron chi connectivity index (χ3n) is 1.28. The van der Waals surface area contributed by atoms with Gasteiger partial charge in [0.05, 0.1) is 5.70 Å². The van der Waals surface area contributed by atoms with Gasteiger partial charge in [0, 0.05) is 6.21 Å². The summed E-state index contributed by atoms with van der Waals surface area (Å²) in [6.07, 6.45) is 8.84. The molecule has 0 amide bonds. The third kappa shape index (κ3) is 1.67. The summed E-state index contributed by atoms with van der Waals surface area (Å²) in [6.45, 7) is 1.93. The van der Waals surface area contributed by atoms with Crippen LogP contribution < -0.4 is 5.84 Å². The van der Waals surface area contributed by atoms with E-state index < -0.39 is 0 Å². The van der Waals surface area contributed by atoms with E-state index in [9.17, 15) is 0 Å². The van der Waals surface area contributed by atoms with Crippen molar-refractivity contribution >= 4 is 12.6 Å². The molecule has 0 unspecified atom stereocenters. The van der Waals surface area contributed by atoms with Gasteiger partial charge in [-0.2, -0.15) is 10.2 Å². The molecule has 0 fully saturated rings. The Labute approximate surface area is 65.4 Å². The lowest BCUT2D eigenvalue weighted by Gasteiger charge is -2.15. The normalized spacial score (nSPS) is 20.5. The van der Waals surface area contributed by atoms with Gasteiger partial charge in [-0.15, -0.1) is 0 Å². The summed E-state index contributed by atoms with van der Waals surface area (Å²) in [5, 5.41) is 8.96. The fourth-order valence-corrected chi connectivity index (χ4v) is 0.783. The Hall–Kier alpha value is -1.58. The molecule has 1 rings (SSSR count). The number of nitrogens with two attached hydrogens (primary N) is 1. The molecule has 0 spiro atoms. The van der Waals surface area contributed by atoms with Gasteiger partial charge in [-0.1, -0.05) is 6.08 Å². The molecule has 1 heterocycles. The van der Waals surface area contributed by atoms with Crippen molar-refractivity contribution < 1.29 is 0 Å². The van der Waals surface area contributed by atoms with Crippen LogP contribution >= 0.6 is 0 Å². The molecule has 0 aromatic heterocycles. The molecular formula is C7H10N4. The summed E-state index contributed by atoms with van der Waals surface area (Å²) in [4.78, 5) is 0. The third-order valence-corrected chi connectivity index (χ3v) is 1.28. The van der Waals surface area contributed by atoms with Crippen molar-refractivity contribution in [3.63, 3.8) is 0 Å². The molecule has 0 aliphatic carbocycles. The molecule has 0 radical (unpaired) electrons. The molecule has 0 atom stereocenters. The van der Waals surface area contributed by atoms with Gasteiger partial charge in [-0.3, -0.25) is 0 Å². The van der Waals surface area contributed by atoms with E-state index in [4.69, 9.17) is 5.84 Å². The van der Waals surface area contributed by atoms with Crippen molar-refractivity contribution in [2.24, 2.45) is 16.0 Å². The Balaban J connectivity index is 2.79. The summed E-state index contributed by atoms with van der Waals surface area (Å²) >= 11 is 0. The number of hydrazone groups is 2. The molecule has 2 N–H and O–H groups in total. The van der Waals surface area contributed by atoms with Crippen LogP contribution in [0.1, 0.15) is 6.92 Å². The zero-order chi connectivity index (χ0) is 8.10. The zero-order valence-electron chi connectivity index (χ0n) is 6.31. The minimum absolute atomic E-state index is 0.960. The Bertz CT molecular complexity index is 237. The van der Waals surface area contributed by atoms with Crippen LogP contribution in [0.4, 0.5) is 0 Å². The molecular weight excluding hydrogens is 140 g/mol. The van der Waals surface area contributed by atoms with Gasteiger partial charge >= 0.3 is 0 Å². The van der Waals surface area contributed by atoms with E-state index in [1.54, 1.807) is 11.2 Å². The van der Waals surface area contributed by atoms with Crippen LogP contribution in [0.25, 0.3) is 0 Å². The number of allylic oxidation sites excluding steroid dienone is 3. The molecule has 0 aromatic carbocycles. The van der Waals surface area contributed by atoms with Gasteiger partial charge in [0.25, 0.3) is 0 Å². The maximum absolute atomic E-state index is 4.98. The van der Waals surface area contributed by atoms with Crippen molar-refractivity contribution in [2.45, 2.75) is 6.92 Å². The Morgan fingerprint density at radius 2 is 2.55 bits per heavy atom. The van der Waals surface area contributed by atoms with Crippen molar-refractivity contribution in [1.82, 2.24) is 5.01 Å². The summed E-state index contributed by atoms with van der Waals surface area (Å²) in [5.41, 5.74) is 0.960. The fraction of sp³-hybridized carbons (Fsp3) is 0.143. The fourth-order valence-electron chi connectivity index (χ4n) is 0.783. The first-order chi connectivity index (χ1) is 5.38. The van der Waals surface area contributed by atoms with Crippen molar-refractivity contribution in [3.05, 3.63) is 23.9 Å². The molecule has 0 saturated heterocycles. The van der Waals surface area contributed by atoms with Gasteiger partial charge < -0.3 is 5.84 Å². The minimum atomic E-state index is 0.960. The van der Waals surface area contributed by atoms with E-state index in [-0.39, 0.29) is 0 Å². The van der Waals surface area contributed by atoms with Gasteiger partial charge in [0.1, 0.15) is 6.34 Å². The lowest BCUT2D eigenvalue weighted by atomic mass is 10.3. The van der Waals surface area contributed by atoms with Gasteiger partial charge in [0.2, 0.25) is 0 Å². The molecule has 11 heavy (non-hydrogen) atoms. The second-order valence-electron chi connectivity index (χ2n) is 1.95. The lowest BCUT2D eigenvalue weighted by molar-refractivity contribution is 0.581. The Kier molecular flexibility index (Phi) is 2.43. The highest BCUT2D eigenvalue weighted by molar-refractivity contribution is 5.76. The van der Waals surface area contributed by atoms with Crippen LogP contribution in [-0.4, -0.2) is 17.6 Å². The molecule has 4 heteroatoms. The van der Waals surface area contributed by atoms with Crippen LogP contribution in [0.3, 0.4) is 0 Å². The van der Waals surface area contributed by atoms with Crippen LogP contribution in [-0.2, 0) is 0 Å². The van der Waals surface area contributed by atoms with E-state index in [1.807, 2.05) is 25.2 Å². The Morgan fingerprint density at radius 1 is 1.73 bits per heavy atom. The minimum Gasteiger partial charge on any atom is -0.322 e. The lowest BCUT2D eigenvalue weighted by Crippen LogP contribution is -2.16. The van der Waals surface area contributed by atoms with Crippen LogP contribution in [0.15, 0.2) is 34.1 Å². The number of nitrogens with zero attached hydrogens (tertiary/aromatic N) is 3. The summed E-state index contributed by atoms with van der Waals surface area (Å²) in [5.74, 6) is 4.98. The highest BCUT2D eigenvalue weighted by atomic mass is 15.5. The highest BCUT2D eigenvalue weighted by Gasteiger charge is 2.02. The molecule has 58 valence electrons. The van der Waals surface area contributed by atoms with Crippen molar-refractivity contribution in [1.29, 1.82) is 0 Å². The molecule has 0 aromatic rings. The first-order valence-corrected chi connectivity index (χ1v) is 3.28. The standard InChI is InChI=1S/C7H10N4/c1-2-7-4-3-5-10-11(7)6-9-8/h2-6H,8H2,1H3/b7-2-,9-6-. The smallest absolute Gasteiger partial charge is 0.137 e. The average molecular weight is 150 g/mol. The van der Waals surface area contributed by atoms with Crippen LogP contribution in [0.2, 0.25) is 0 Å². The molecule has 0 bridgehead atoms. The molecule has 0 saturated carbocycles. The second kappa shape index (κ2) is 3.55. The van der Waals surface area contributed by atoms with Gasteiger partial charge in [-0.25, -0.2) is 5.01 Å². The van der Waals surface area contributed by atoms with E-state index >= 15 is 0 Å². The largest absolute Gasteiger partial charge is 0.322 e. The summed E-state index contributed by atoms with van der Waals surface area (Å²) in [6, 6.07) is 0. The summed E-state index contributed by atoms with van der Waals surface area (Å²) in [7, 11) is 0. The second-order valence-corrected chi connectivity index (χ2v) is 1.95. The number of rotatable bonds is 1. The Morgan fingerprint density at radius 3 is 3.18 bits per heavy atom. The maximum Gasteiger partial charge on any atom is 0.137 e. The molecule has 1 aliphatic heterocycles. The van der Waals surface area contributed by atoms with Gasteiger partial charge in [0.15, 0.2) is 0 Å². The van der Waals surface area contributed by atoms with Crippen LogP contribution in [0.5, 0.6) is 0 Å². The molecule has 1 aliphatic rings. The van der Waals surface area contributed by atoms with Crippen molar-refractivity contribution in [3.8, 4) is 0 Å². The summed E-state index contributed by atoms with van der Waals surface area (Å²) < 4.78 is 0. The van der Waals surface area contributed by atoms with Crippen LogP contribution in [0, 0.1) is 0 Å².